The summed E-state index contributed by atoms with van der Waals surface area (Å²) in [6.07, 6.45) is 1.60. The van der Waals surface area contributed by atoms with Gasteiger partial charge in [-0.1, -0.05) is 0 Å². The van der Waals surface area contributed by atoms with Gasteiger partial charge in [-0.3, -0.25) is 0 Å². The van der Waals surface area contributed by atoms with Crippen LogP contribution in [0.5, 0.6) is 0 Å². The molecule has 4 nitrogen and oxygen atoms in total. The van der Waals surface area contributed by atoms with Crippen LogP contribution >= 0.6 is 0 Å². The van der Waals surface area contributed by atoms with Crippen molar-refractivity contribution in [1.29, 1.82) is 0 Å². The van der Waals surface area contributed by atoms with Crippen molar-refractivity contribution in [3.8, 4) is 0 Å². The number of hydrogen-bond acceptors (Lipinski definition) is 3. The summed E-state index contributed by atoms with van der Waals surface area (Å²) >= 11 is 0. The normalized spacial score (nSPS) is 10.3. The average molecular weight is 194 g/mol. The van der Waals surface area contributed by atoms with Crippen LogP contribution in [-0.2, 0) is 0 Å². The van der Waals surface area contributed by atoms with E-state index >= 15 is 0 Å². The Bertz CT molecular complexity index is 337. The summed E-state index contributed by atoms with van der Waals surface area (Å²) < 4.78 is 0. The number of carboxylic acids is 1. The Morgan fingerprint density at radius 1 is 1.57 bits per heavy atom. The summed E-state index contributed by atoms with van der Waals surface area (Å²) in [6.45, 7) is 3.97. The molecule has 0 aromatic carbocycles. The molecule has 1 rings (SSSR count). The summed E-state index contributed by atoms with van der Waals surface area (Å²) in [5, 5.41) is 8.93. The highest BCUT2D eigenvalue weighted by Crippen LogP contribution is 2.17. The molecule has 76 valence electrons. The fourth-order valence-electron chi connectivity index (χ4n) is 1.09. The maximum atomic E-state index is 10.9. The molecule has 1 aromatic rings. The van der Waals surface area contributed by atoms with Crippen molar-refractivity contribution in [1.82, 2.24) is 4.98 Å². The highest BCUT2D eigenvalue weighted by Gasteiger charge is 2.15. The fourth-order valence-corrected chi connectivity index (χ4v) is 1.09. The standard InChI is InChI=1S/C10H14N2O2/c1-7(2)12(3)9-8(10(13)14)5-4-6-11-9/h4-7H,1-3H3,(H,13,14). The largest absolute Gasteiger partial charge is 0.478 e. The minimum atomic E-state index is -0.944. The number of rotatable bonds is 3. The van der Waals surface area contributed by atoms with Gasteiger partial charge in [0.15, 0.2) is 0 Å². The highest BCUT2D eigenvalue weighted by molar-refractivity contribution is 5.93. The molecular formula is C10H14N2O2. The first kappa shape index (κ1) is 10.5. The van der Waals surface area contributed by atoms with Gasteiger partial charge >= 0.3 is 5.97 Å². The molecule has 0 bridgehead atoms. The van der Waals surface area contributed by atoms with Crippen LogP contribution in [0.25, 0.3) is 0 Å². The zero-order chi connectivity index (χ0) is 10.7. The number of carboxylic acid groups (broad SMARTS) is 1. The predicted octanol–water partition coefficient (Wildman–Crippen LogP) is 1.62. The summed E-state index contributed by atoms with van der Waals surface area (Å²) in [5.41, 5.74) is 0.240. The van der Waals surface area contributed by atoms with E-state index < -0.39 is 5.97 Å². The molecule has 0 amide bonds. The zero-order valence-corrected chi connectivity index (χ0v) is 8.56. The second-order valence-corrected chi connectivity index (χ2v) is 3.38. The van der Waals surface area contributed by atoms with Crippen LogP contribution in [0.2, 0.25) is 0 Å². The Morgan fingerprint density at radius 2 is 2.21 bits per heavy atom. The van der Waals surface area contributed by atoms with E-state index in [1.165, 1.54) is 0 Å². The number of anilines is 1. The molecule has 4 heteroatoms. The van der Waals surface area contributed by atoms with Gasteiger partial charge in [0.2, 0.25) is 0 Å². The van der Waals surface area contributed by atoms with E-state index in [-0.39, 0.29) is 11.6 Å². The van der Waals surface area contributed by atoms with E-state index in [4.69, 9.17) is 5.11 Å². The molecular weight excluding hydrogens is 180 g/mol. The Morgan fingerprint density at radius 3 is 2.71 bits per heavy atom. The molecule has 1 N–H and O–H groups in total. The van der Waals surface area contributed by atoms with Crippen molar-refractivity contribution in [3.63, 3.8) is 0 Å². The van der Waals surface area contributed by atoms with Crippen LogP contribution in [0.15, 0.2) is 18.3 Å². The minimum Gasteiger partial charge on any atom is -0.478 e. The summed E-state index contributed by atoms with van der Waals surface area (Å²) in [6, 6.07) is 3.41. The Labute approximate surface area is 83.2 Å². The molecule has 0 aliphatic carbocycles. The number of hydrogen-bond donors (Lipinski definition) is 1. The van der Waals surface area contributed by atoms with Crippen LogP contribution in [0.1, 0.15) is 24.2 Å². The quantitative estimate of drug-likeness (QED) is 0.794. The molecule has 0 saturated carbocycles. The smallest absolute Gasteiger partial charge is 0.339 e. The fraction of sp³-hybridized carbons (Fsp3) is 0.400. The topological polar surface area (TPSA) is 53.4 Å². The minimum absolute atomic E-state index is 0.225. The van der Waals surface area contributed by atoms with Crippen molar-refractivity contribution >= 4 is 11.8 Å². The molecule has 0 aliphatic rings. The SMILES string of the molecule is CC(C)N(C)c1ncccc1C(=O)O. The van der Waals surface area contributed by atoms with Gasteiger partial charge in [-0.05, 0) is 26.0 Å². The first-order chi connectivity index (χ1) is 6.54. The number of aromatic carboxylic acids is 1. The van der Waals surface area contributed by atoms with E-state index in [0.717, 1.165) is 0 Å². The monoisotopic (exact) mass is 194 g/mol. The van der Waals surface area contributed by atoms with E-state index in [0.29, 0.717) is 5.82 Å². The van der Waals surface area contributed by atoms with E-state index in [1.807, 2.05) is 25.8 Å². The van der Waals surface area contributed by atoms with Gasteiger partial charge in [0.1, 0.15) is 11.4 Å². The van der Waals surface area contributed by atoms with Crippen LogP contribution in [0, 0.1) is 0 Å². The van der Waals surface area contributed by atoms with Crippen molar-refractivity contribution in [2.45, 2.75) is 19.9 Å². The number of nitrogens with zero attached hydrogens (tertiary/aromatic N) is 2. The third-order valence-corrected chi connectivity index (χ3v) is 2.13. The molecule has 0 fully saturated rings. The van der Waals surface area contributed by atoms with Crippen LogP contribution in [0.4, 0.5) is 5.82 Å². The lowest BCUT2D eigenvalue weighted by atomic mass is 10.2. The van der Waals surface area contributed by atoms with Crippen molar-refractivity contribution < 1.29 is 9.90 Å². The molecule has 0 atom stereocenters. The lowest BCUT2D eigenvalue weighted by molar-refractivity contribution is 0.0697. The third-order valence-electron chi connectivity index (χ3n) is 2.13. The van der Waals surface area contributed by atoms with Crippen LogP contribution in [0.3, 0.4) is 0 Å². The molecule has 1 aromatic heterocycles. The van der Waals surface area contributed by atoms with Gasteiger partial charge in [-0.15, -0.1) is 0 Å². The lowest BCUT2D eigenvalue weighted by Crippen LogP contribution is -2.28. The molecule has 0 saturated heterocycles. The molecule has 0 aliphatic heterocycles. The van der Waals surface area contributed by atoms with Gasteiger partial charge in [0.05, 0.1) is 0 Å². The predicted molar refractivity (Wildman–Crippen MR) is 54.7 cm³/mol. The van der Waals surface area contributed by atoms with Gasteiger partial charge in [-0.25, -0.2) is 9.78 Å². The molecule has 0 spiro atoms. The summed E-state index contributed by atoms with van der Waals surface area (Å²) in [5.74, 6) is -0.435. The van der Waals surface area contributed by atoms with Gasteiger partial charge in [0, 0.05) is 19.3 Å². The third kappa shape index (κ3) is 2.02. The number of aromatic nitrogens is 1. The Kier molecular flexibility index (Phi) is 3.06. The number of carbonyl (C=O) groups is 1. The molecule has 0 unspecified atom stereocenters. The summed E-state index contributed by atoms with van der Waals surface area (Å²) in [4.78, 5) is 16.8. The second kappa shape index (κ2) is 4.09. The van der Waals surface area contributed by atoms with Crippen molar-refractivity contribution in [2.24, 2.45) is 0 Å². The van der Waals surface area contributed by atoms with Crippen molar-refractivity contribution in [3.05, 3.63) is 23.9 Å². The maximum absolute atomic E-state index is 10.9. The van der Waals surface area contributed by atoms with Gasteiger partial charge < -0.3 is 10.0 Å². The second-order valence-electron chi connectivity index (χ2n) is 3.38. The first-order valence-corrected chi connectivity index (χ1v) is 4.45. The van der Waals surface area contributed by atoms with Gasteiger partial charge in [0.25, 0.3) is 0 Å². The van der Waals surface area contributed by atoms with Gasteiger partial charge in [-0.2, -0.15) is 0 Å². The highest BCUT2D eigenvalue weighted by atomic mass is 16.4. The summed E-state index contributed by atoms with van der Waals surface area (Å²) in [7, 11) is 1.83. The van der Waals surface area contributed by atoms with Crippen molar-refractivity contribution in [2.75, 3.05) is 11.9 Å². The molecule has 14 heavy (non-hydrogen) atoms. The average Bonchev–Trinajstić information content (AvgIpc) is 2.16. The lowest BCUT2D eigenvalue weighted by Gasteiger charge is -2.23. The van der Waals surface area contributed by atoms with E-state index in [2.05, 4.69) is 4.98 Å². The number of pyridine rings is 1. The Balaban J connectivity index is 3.13. The van der Waals surface area contributed by atoms with Crippen LogP contribution < -0.4 is 4.90 Å². The Hall–Kier alpha value is -1.58. The molecule has 1 heterocycles. The van der Waals surface area contributed by atoms with Crippen LogP contribution in [-0.4, -0.2) is 29.1 Å². The van der Waals surface area contributed by atoms with E-state index in [9.17, 15) is 4.79 Å². The first-order valence-electron chi connectivity index (χ1n) is 4.45. The zero-order valence-electron chi connectivity index (χ0n) is 8.56. The maximum Gasteiger partial charge on any atom is 0.339 e. The molecule has 0 radical (unpaired) electrons. The van der Waals surface area contributed by atoms with E-state index in [1.54, 1.807) is 18.3 Å².